The van der Waals surface area contributed by atoms with Gasteiger partial charge < -0.3 is 14.9 Å². The van der Waals surface area contributed by atoms with Crippen molar-refractivity contribution in [2.75, 3.05) is 0 Å². The molecule has 0 fully saturated rings. The molecule has 1 heterocycles. The van der Waals surface area contributed by atoms with E-state index >= 15 is 0 Å². The normalized spacial score (nSPS) is 22.5. The number of halogens is 2. The van der Waals surface area contributed by atoms with Gasteiger partial charge in [-0.2, -0.15) is 0 Å². The SMILES string of the molecule is CC1(c2c(F)cccc2F)OC(N)=C(O[Si](C)(C)C)C1=O. The summed E-state index contributed by atoms with van der Waals surface area (Å²) in [5.74, 6) is -2.81. The highest BCUT2D eigenvalue weighted by atomic mass is 28.4. The molecule has 1 unspecified atom stereocenters. The molecule has 1 aliphatic rings. The molecule has 1 aromatic rings. The average Bonchev–Trinajstić information content (AvgIpc) is 2.52. The fourth-order valence-corrected chi connectivity index (χ4v) is 2.97. The van der Waals surface area contributed by atoms with Gasteiger partial charge in [0.25, 0.3) is 0 Å². The minimum atomic E-state index is -2.12. The van der Waals surface area contributed by atoms with Gasteiger partial charge in [-0.3, -0.25) is 4.79 Å². The summed E-state index contributed by atoms with van der Waals surface area (Å²) in [4.78, 5) is 12.5. The third-order valence-electron chi connectivity index (χ3n) is 3.03. The lowest BCUT2D eigenvalue weighted by molar-refractivity contribution is -0.132. The fraction of sp³-hybridized carbons (Fsp3) is 0.357. The molecule has 1 atom stereocenters. The highest BCUT2D eigenvalue weighted by Gasteiger charge is 2.51. The van der Waals surface area contributed by atoms with Gasteiger partial charge in [-0.25, -0.2) is 8.78 Å². The molecule has 0 amide bonds. The molecule has 0 saturated heterocycles. The zero-order chi connectivity index (χ0) is 16.0. The van der Waals surface area contributed by atoms with Crippen molar-refractivity contribution in [2.45, 2.75) is 32.2 Å². The Labute approximate surface area is 122 Å². The van der Waals surface area contributed by atoms with Crippen LogP contribution >= 0.6 is 0 Å². The summed E-state index contributed by atoms with van der Waals surface area (Å²) in [7, 11) is -2.12. The molecule has 0 aliphatic carbocycles. The van der Waals surface area contributed by atoms with Crippen LogP contribution in [-0.2, 0) is 19.6 Å². The summed E-state index contributed by atoms with van der Waals surface area (Å²) in [6.45, 7) is 6.87. The molecule has 0 bridgehead atoms. The lowest BCUT2D eigenvalue weighted by Crippen LogP contribution is -2.35. The number of rotatable bonds is 3. The zero-order valence-electron chi connectivity index (χ0n) is 12.3. The first-order chi connectivity index (χ1) is 9.56. The van der Waals surface area contributed by atoms with Crippen LogP contribution < -0.4 is 5.73 Å². The van der Waals surface area contributed by atoms with Gasteiger partial charge in [0.1, 0.15) is 11.6 Å². The second-order valence-corrected chi connectivity index (χ2v) is 10.4. The van der Waals surface area contributed by atoms with Crippen LogP contribution in [0.5, 0.6) is 0 Å². The molecule has 0 radical (unpaired) electrons. The largest absolute Gasteiger partial charge is 0.538 e. The predicted octanol–water partition coefficient (Wildman–Crippen LogP) is 2.76. The average molecular weight is 313 g/mol. The molecular formula is C14H17F2NO3Si. The number of Topliss-reactive ketones (excluding diaryl/α,β-unsaturated/α-hetero) is 1. The zero-order valence-corrected chi connectivity index (χ0v) is 13.3. The summed E-state index contributed by atoms with van der Waals surface area (Å²) >= 11 is 0. The molecule has 7 heteroatoms. The Balaban J connectivity index is 2.47. The van der Waals surface area contributed by atoms with Crippen molar-refractivity contribution in [3.05, 3.63) is 47.0 Å². The number of carbonyl (C=O) groups excluding carboxylic acids is 1. The minimum absolute atomic E-state index is 0.153. The van der Waals surface area contributed by atoms with Crippen LogP contribution in [0, 0.1) is 11.6 Å². The van der Waals surface area contributed by atoms with Gasteiger partial charge in [0.15, 0.2) is 0 Å². The summed E-state index contributed by atoms with van der Waals surface area (Å²) < 4.78 is 38.8. The van der Waals surface area contributed by atoms with Crippen LogP contribution in [0.4, 0.5) is 8.78 Å². The van der Waals surface area contributed by atoms with Crippen molar-refractivity contribution in [1.82, 2.24) is 0 Å². The number of ether oxygens (including phenoxy) is 1. The van der Waals surface area contributed by atoms with E-state index in [1.807, 2.05) is 19.6 Å². The molecule has 0 aromatic heterocycles. The Kier molecular flexibility index (Phi) is 3.57. The topological polar surface area (TPSA) is 61.6 Å². The first kappa shape index (κ1) is 15.5. The highest BCUT2D eigenvalue weighted by Crippen LogP contribution is 2.40. The molecule has 2 N–H and O–H groups in total. The summed E-state index contributed by atoms with van der Waals surface area (Å²) in [6, 6.07) is 3.34. The third kappa shape index (κ3) is 2.65. The Bertz CT molecular complexity index is 619. The van der Waals surface area contributed by atoms with E-state index in [9.17, 15) is 13.6 Å². The van der Waals surface area contributed by atoms with E-state index in [2.05, 4.69) is 0 Å². The van der Waals surface area contributed by atoms with E-state index in [-0.39, 0.29) is 11.6 Å². The molecule has 1 aliphatic heterocycles. The van der Waals surface area contributed by atoms with Crippen LogP contribution in [0.15, 0.2) is 29.8 Å². The molecule has 0 spiro atoms. The van der Waals surface area contributed by atoms with Gasteiger partial charge in [-0.05, 0) is 38.7 Å². The maximum Gasteiger partial charge on any atom is 0.249 e. The number of nitrogens with two attached hydrogens (primary N) is 1. The molecule has 4 nitrogen and oxygen atoms in total. The highest BCUT2D eigenvalue weighted by molar-refractivity contribution is 6.70. The van der Waals surface area contributed by atoms with Crippen LogP contribution in [0.2, 0.25) is 19.6 Å². The van der Waals surface area contributed by atoms with Crippen molar-refractivity contribution >= 4 is 14.1 Å². The second kappa shape index (κ2) is 4.83. The molecule has 114 valence electrons. The number of hydrogen-bond donors (Lipinski definition) is 1. The van der Waals surface area contributed by atoms with Crippen molar-refractivity contribution in [3.8, 4) is 0 Å². The van der Waals surface area contributed by atoms with E-state index in [0.717, 1.165) is 12.1 Å². The van der Waals surface area contributed by atoms with Gasteiger partial charge in [-0.15, -0.1) is 0 Å². The van der Waals surface area contributed by atoms with Gasteiger partial charge in [0.2, 0.25) is 31.3 Å². The van der Waals surface area contributed by atoms with Gasteiger partial charge in [-0.1, -0.05) is 6.07 Å². The summed E-state index contributed by atoms with van der Waals surface area (Å²) in [5, 5.41) is 0. The Morgan fingerprint density at radius 2 is 1.76 bits per heavy atom. The number of hydrogen-bond acceptors (Lipinski definition) is 4. The van der Waals surface area contributed by atoms with Gasteiger partial charge in [0, 0.05) is 0 Å². The summed E-state index contributed by atoms with van der Waals surface area (Å²) in [5.41, 5.74) is 3.36. The van der Waals surface area contributed by atoms with Crippen molar-refractivity contribution in [1.29, 1.82) is 0 Å². The first-order valence-corrected chi connectivity index (χ1v) is 9.84. The van der Waals surface area contributed by atoms with Crippen LogP contribution in [0.3, 0.4) is 0 Å². The van der Waals surface area contributed by atoms with Gasteiger partial charge in [0.05, 0.1) is 5.56 Å². The Morgan fingerprint density at radius 3 is 2.24 bits per heavy atom. The van der Waals surface area contributed by atoms with Gasteiger partial charge >= 0.3 is 0 Å². The van der Waals surface area contributed by atoms with E-state index in [1.54, 1.807) is 0 Å². The molecule has 1 aromatic carbocycles. The lowest BCUT2D eigenvalue weighted by atomic mass is 9.90. The van der Waals surface area contributed by atoms with E-state index in [0.29, 0.717) is 0 Å². The monoisotopic (exact) mass is 313 g/mol. The smallest absolute Gasteiger partial charge is 0.249 e. The number of ketones is 1. The summed E-state index contributed by atoms with van der Waals surface area (Å²) in [6.07, 6.45) is 0. The quantitative estimate of drug-likeness (QED) is 0.872. The maximum absolute atomic E-state index is 13.9. The number of benzene rings is 1. The van der Waals surface area contributed by atoms with Crippen LogP contribution in [0.1, 0.15) is 12.5 Å². The van der Waals surface area contributed by atoms with Crippen LogP contribution in [0.25, 0.3) is 0 Å². The van der Waals surface area contributed by atoms with E-state index < -0.39 is 36.9 Å². The third-order valence-corrected chi connectivity index (χ3v) is 3.84. The maximum atomic E-state index is 13.9. The van der Waals surface area contributed by atoms with Crippen molar-refractivity contribution in [3.63, 3.8) is 0 Å². The minimum Gasteiger partial charge on any atom is -0.538 e. The van der Waals surface area contributed by atoms with Crippen molar-refractivity contribution < 1.29 is 22.7 Å². The number of carbonyl (C=O) groups is 1. The first-order valence-electron chi connectivity index (χ1n) is 6.43. The Morgan fingerprint density at radius 1 is 1.24 bits per heavy atom. The fourth-order valence-electron chi connectivity index (χ4n) is 2.16. The molecular weight excluding hydrogens is 296 g/mol. The van der Waals surface area contributed by atoms with Crippen LogP contribution in [-0.4, -0.2) is 14.1 Å². The predicted molar refractivity (Wildman–Crippen MR) is 75.4 cm³/mol. The lowest BCUT2D eigenvalue weighted by Gasteiger charge is -2.24. The standard InChI is InChI=1S/C14H17F2NO3Si/c1-14(10-8(15)6-5-7-9(10)16)12(18)11(13(17)19-14)20-21(2,3)4/h5-7H,17H2,1-4H3. The second-order valence-electron chi connectivity index (χ2n) is 5.97. The molecule has 0 saturated carbocycles. The van der Waals surface area contributed by atoms with Crippen molar-refractivity contribution in [2.24, 2.45) is 5.73 Å². The van der Waals surface area contributed by atoms with E-state index in [1.165, 1.54) is 13.0 Å². The molecule has 21 heavy (non-hydrogen) atoms. The Hall–Kier alpha value is -1.89. The molecule has 2 rings (SSSR count). The van der Waals surface area contributed by atoms with E-state index in [4.69, 9.17) is 14.9 Å².